The van der Waals surface area contributed by atoms with Crippen molar-refractivity contribution in [2.24, 2.45) is 0 Å². The van der Waals surface area contributed by atoms with Crippen LogP contribution in [0, 0.1) is 6.92 Å². The van der Waals surface area contributed by atoms with Crippen molar-refractivity contribution in [2.45, 2.75) is 76.0 Å². The van der Waals surface area contributed by atoms with E-state index in [-0.39, 0.29) is 17.8 Å². The van der Waals surface area contributed by atoms with Crippen molar-refractivity contribution in [3.05, 3.63) is 16.3 Å². The van der Waals surface area contributed by atoms with E-state index in [1.165, 1.54) is 41.5 Å². The van der Waals surface area contributed by atoms with Gasteiger partial charge in [0, 0.05) is 4.88 Å². The van der Waals surface area contributed by atoms with Gasteiger partial charge in [-0.3, -0.25) is 9.20 Å². The van der Waals surface area contributed by atoms with E-state index in [9.17, 15) is 4.79 Å². The van der Waals surface area contributed by atoms with Crippen LogP contribution >= 0.6 is 23.1 Å². The molecule has 1 saturated carbocycles. The van der Waals surface area contributed by atoms with Crippen LogP contribution in [-0.2, 0) is 22.4 Å². The zero-order valence-corrected chi connectivity index (χ0v) is 17.7. The van der Waals surface area contributed by atoms with Crippen molar-refractivity contribution in [1.29, 1.82) is 0 Å². The molecule has 0 radical (unpaired) electrons. The third kappa shape index (κ3) is 3.30. The SMILES string of the molecule is Cc1nc2sc3c(c2c2nnc(SCC(=O)OC4CCCCC4)n12)CCCC3. The average molecular weight is 417 g/mol. The van der Waals surface area contributed by atoms with E-state index in [4.69, 9.17) is 9.72 Å². The number of thiophene rings is 1. The van der Waals surface area contributed by atoms with E-state index >= 15 is 0 Å². The Balaban J connectivity index is 1.40. The van der Waals surface area contributed by atoms with E-state index in [1.807, 2.05) is 11.3 Å². The summed E-state index contributed by atoms with van der Waals surface area (Å²) < 4.78 is 7.64. The van der Waals surface area contributed by atoms with Gasteiger partial charge in [0.1, 0.15) is 16.8 Å². The predicted molar refractivity (Wildman–Crippen MR) is 111 cm³/mol. The highest BCUT2D eigenvalue weighted by atomic mass is 32.2. The van der Waals surface area contributed by atoms with Crippen LogP contribution in [0.3, 0.4) is 0 Å². The summed E-state index contributed by atoms with van der Waals surface area (Å²) in [6.45, 7) is 1.99. The smallest absolute Gasteiger partial charge is 0.316 e. The molecule has 3 heterocycles. The number of carbonyl (C=O) groups is 1. The molecule has 5 rings (SSSR count). The van der Waals surface area contributed by atoms with Gasteiger partial charge in [-0.2, -0.15) is 0 Å². The van der Waals surface area contributed by atoms with Gasteiger partial charge in [-0.25, -0.2) is 4.98 Å². The molecule has 3 aromatic rings. The summed E-state index contributed by atoms with van der Waals surface area (Å²) in [5.41, 5.74) is 2.29. The van der Waals surface area contributed by atoms with E-state index in [1.54, 1.807) is 11.3 Å². The van der Waals surface area contributed by atoms with Gasteiger partial charge in [-0.1, -0.05) is 18.2 Å². The van der Waals surface area contributed by atoms with Crippen LogP contribution < -0.4 is 0 Å². The van der Waals surface area contributed by atoms with Crippen molar-refractivity contribution in [3.8, 4) is 0 Å². The summed E-state index contributed by atoms with van der Waals surface area (Å²) in [6, 6.07) is 0. The molecule has 148 valence electrons. The van der Waals surface area contributed by atoms with E-state index < -0.39 is 0 Å². The Morgan fingerprint density at radius 3 is 2.86 bits per heavy atom. The summed E-state index contributed by atoms with van der Waals surface area (Å²) in [4.78, 5) is 19.6. The lowest BCUT2D eigenvalue weighted by molar-refractivity contribution is -0.147. The maximum atomic E-state index is 12.3. The van der Waals surface area contributed by atoms with Gasteiger partial charge < -0.3 is 4.74 Å². The molecule has 0 N–H and O–H groups in total. The number of aryl methyl sites for hydroxylation is 3. The first-order valence-electron chi connectivity index (χ1n) is 10.2. The molecule has 28 heavy (non-hydrogen) atoms. The van der Waals surface area contributed by atoms with Crippen LogP contribution in [0.4, 0.5) is 0 Å². The lowest BCUT2D eigenvalue weighted by atomic mass is 9.97. The zero-order chi connectivity index (χ0) is 19.1. The predicted octanol–water partition coefficient (Wildman–Crippen LogP) is 4.49. The molecule has 6 nitrogen and oxygen atoms in total. The minimum Gasteiger partial charge on any atom is -0.462 e. The second kappa shape index (κ2) is 7.63. The molecule has 0 atom stereocenters. The number of carbonyl (C=O) groups excluding carboxylic acids is 1. The van der Waals surface area contributed by atoms with Crippen LogP contribution in [0.2, 0.25) is 0 Å². The third-order valence-corrected chi connectivity index (χ3v) is 7.85. The van der Waals surface area contributed by atoms with Crippen LogP contribution in [0.5, 0.6) is 0 Å². The normalized spacial score (nSPS) is 17.9. The van der Waals surface area contributed by atoms with Crippen molar-refractivity contribution < 1.29 is 9.53 Å². The number of ether oxygens (including phenoxy) is 1. The second-order valence-electron chi connectivity index (χ2n) is 7.73. The fourth-order valence-electron chi connectivity index (χ4n) is 4.40. The van der Waals surface area contributed by atoms with Gasteiger partial charge in [0.25, 0.3) is 0 Å². The van der Waals surface area contributed by atoms with Crippen LogP contribution in [0.15, 0.2) is 5.16 Å². The van der Waals surface area contributed by atoms with Crippen molar-refractivity contribution in [2.75, 3.05) is 5.75 Å². The van der Waals surface area contributed by atoms with Gasteiger partial charge in [0.05, 0.1) is 11.1 Å². The van der Waals surface area contributed by atoms with Gasteiger partial charge in [-0.15, -0.1) is 21.5 Å². The molecule has 0 aliphatic heterocycles. The van der Waals surface area contributed by atoms with Crippen molar-refractivity contribution in [3.63, 3.8) is 0 Å². The Morgan fingerprint density at radius 1 is 1.18 bits per heavy atom. The fraction of sp³-hybridized carbons (Fsp3) is 0.600. The Bertz CT molecular complexity index is 1040. The Morgan fingerprint density at radius 2 is 2.00 bits per heavy atom. The molecule has 2 aliphatic carbocycles. The highest BCUT2D eigenvalue weighted by molar-refractivity contribution is 7.99. The van der Waals surface area contributed by atoms with Crippen LogP contribution in [0.1, 0.15) is 61.2 Å². The van der Waals surface area contributed by atoms with Crippen LogP contribution in [0.25, 0.3) is 15.9 Å². The van der Waals surface area contributed by atoms with E-state index in [2.05, 4.69) is 10.2 Å². The monoisotopic (exact) mass is 416 g/mol. The molecule has 3 aromatic heterocycles. The minimum atomic E-state index is -0.159. The number of rotatable bonds is 4. The molecule has 0 unspecified atom stereocenters. The largest absolute Gasteiger partial charge is 0.462 e. The van der Waals surface area contributed by atoms with E-state index in [0.29, 0.717) is 0 Å². The van der Waals surface area contributed by atoms with Crippen molar-refractivity contribution in [1.82, 2.24) is 19.6 Å². The van der Waals surface area contributed by atoms with Gasteiger partial charge in [0.15, 0.2) is 10.8 Å². The second-order valence-corrected chi connectivity index (χ2v) is 9.76. The van der Waals surface area contributed by atoms with Gasteiger partial charge in [0.2, 0.25) is 0 Å². The Kier molecular flexibility index (Phi) is 5.00. The third-order valence-electron chi connectivity index (χ3n) is 5.77. The highest BCUT2D eigenvalue weighted by Gasteiger charge is 2.23. The summed E-state index contributed by atoms with van der Waals surface area (Å²) >= 11 is 3.20. The quantitative estimate of drug-likeness (QED) is 0.461. The molecule has 0 bridgehead atoms. The number of hydrogen-bond donors (Lipinski definition) is 0. The first kappa shape index (κ1) is 18.4. The molecule has 2 aliphatic rings. The number of thioether (sulfide) groups is 1. The molecule has 8 heteroatoms. The van der Waals surface area contributed by atoms with Crippen molar-refractivity contribution >= 4 is 44.9 Å². The van der Waals surface area contributed by atoms with Crippen LogP contribution in [-0.4, -0.2) is 37.4 Å². The maximum Gasteiger partial charge on any atom is 0.316 e. The first-order chi connectivity index (χ1) is 13.7. The fourth-order valence-corrected chi connectivity index (χ4v) is 6.46. The maximum absolute atomic E-state index is 12.3. The molecular formula is C20H24N4O2S2. The van der Waals surface area contributed by atoms with E-state index in [0.717, 1.165) is 65.4 Å². The van der Waals surface area contributed by atoms with Gasteiger partial charge in [-0.05, 0) is 63.9 Å². The molecule has 0 aromatic carbocycles. The topological polar surface area (TPSA) is 69.4 Å². The number of hydrogen-bond acceptors (Lipinski definition) is 7. The first-order valence-corrected chi connectivity index (χ1v) is 12.0. The molecule has 1 fully saturated rings. The number of fused-ring (bicyclic) bond motifs is 5. The zero-order valence-electron chi connectivity index (χ0n) is 16.1. The number of esters is 1. The van der Waals surface area contributed by atoms with Gasteiger partial charge >= 0.3 is 5.97 Å². The minimum absolute atomic E-state index is 0.0948. The number of nitrogens with zero attached hydrogens (tertiary/aromatic N) is 4. The molecular weight excluding hydrogens is 392 g/mol. The average Bonchev–Trinajstić information content (AvgIpc) is 3.28. The molecule has 0 spiro atoms. The Hall–Kier alpha value is -1.67. The standard InChI is InChI=1S/C20H24N4O2S2/c1-12-21-19-17(14-9-5-6-10-15(14)28-19)18-22-23-20(24(12)18)27-11-16(25)26-13-7-3-2-4-8-13/h13H,2-11H2,1H3. The molecule has 0 saturated heterocycles. The molecule has 0 amide bonds. The Labute approximate surface area is 172 Å². The highest BCUT2D eigenvalue weighted by Crippen LogP contribution is 2.38. The summed E-state index contributed by atoms with van der Waals surface area (Å²) in [6.07, 6.45) is 10.4. The lowest BCUT2D eigenvalue weighted by Crippen LogP contribution is -2.22. The summed E-state index contributed by atoms with van der Waals surface area (Å²) in [5, 5.41) is 10.8. The summed E-state index contributed by atoms with van der Waals surface area (Å²) in [7, 11) is 0. The summed E-state index contributed by atoms with van der Waals surface area (Å²) in [5.74, 6) is 0.971. The lowest BCUT2D eigenvalue weighted by Gasteiger charge is -2.21. The number of aromatic nitrogens is 4.